The Morgan fingerprint density at radius 3 is 2.21 bits per heavy atom. The van der Waals surface area contributed by atoms with Crippen LogP contribution >= 0.6 is 0 Å². The fourth-order valence-corrected chi connectivity index (χ4v) is 1.78. The van der Waals surface area contributed by atoms with E-state index in [1.54, 1.807) is 12.1 Å². The largest absolute Gasteiger partial charge is 0.350 e. The van der Waals surface area contributed by atoms with Crippen molar-refractivity contribution in [2.45, 2.75) is 18.4 Å². The van der Waals surface area contributed by atoms with Gasteiger partial charge in [-0.1, -0.05) is 12.1 Å². The molecule has 8 heteroatoms. The van der Waals surface area contributed by atoms with Crippen molar-refractivity contribution < 1.29 is 18.0 Å². The first-order chi connectivity index (χ1) is 8.79. The van der Waals surface area contributed by atoms with E-state index in [1.807, 2.05) is 0 Å². The Morgan fingerprint density at radius 1 is 1.16 bits per heavy atom. The SMILES string of the molecule is CC(=O)NCC(=O)NCc1ccc(S(N)(=O)=O)cc1. The van der Waals surface area contributed by atoms with Crippen LogP contribution < -0.4 is 15.8 Å². The second kappa shape index (κ2) is 6.30. The molecule has 0 heterocycles. The van der Waals surface area contributed by atoms with Crippen LogP contribution in [-0.2, 0) is 26.2 Å². The second-order valence-corrected chi connectivity index (χ2v) is 5.44. The Labute approximate surface area is 111 Å². The number of primary sulfonamides is 1. The van der Waals surface area contributed by atoms with Crippen molar-refractivity contribution in [2.24, 2.45) is 5.14 Å². The maximum Gasteiger partial charge on any atom is 0.239 e. The zero-order valence-electron chi connectivity index (χ0n) is 10.3. The van der Waals surface area contributed by atoms with E-state index in [0.717, 1.165) is 5.56 Å². The predicted octanol–water partition coefficient (Wildman–Crippen LogP) is -0.914. The Balaban J connectivity index is 2.51. The molecule has 1 aromatic rings. The maximum atomic E-state index is 11.3. The van der Waals surface area contributed by atoms with Crippen molar-refractivity contribution in [3.05, 3.63) is 29.8 Å². The second-order valence-electron chi connectivity index (χ2n) is 3.88. The summed E-state index contributed by atoms with van der Waals surface area (Å²) in [6.07, 6.45) is 0. The Bertz CT molecular complexity index is 566. The first-order valence-electron chi connectivity index (χ1n) is 5.42. The van der Waals surface area contributed by atoms with Crippen LogP contribution in [-0.4, -0.2) is 26.8 Å². The van der Waals surface area contributed by atoms with Crippen molar-refractivity contribution in [1.29, 1.82) is 0 Å². The fraction of sp³-hybridized carbons (Fsp3) is 0.273. The number of amides is 2. The summed E-state index contributed by atoms with van der Waals surface area (Å²) in [5.41, 5.74) is 0.726. The molecule has 104 valence electrons. The van der Waals surface area contributed by atoms with Gasteiger partial charge in [0.1, 0.15) is 0 Å². The molecule has 0 unspecified atom stereocenters. The lowest BCUT2D eigenvalue weighted by atomic mass is 10.2. The monoisotopic (exact) mass is 285 g/mol. The Morgan fingerprint density at radius 2 is 1.74 bits per heavy atom. The smallest absolute Gasteiger partial charge is 0.239 e. The molecule has 0 atom stereocenters. The molecule has 0 saturated heterocycles. The van der Waals surface area contributed by atoms with Crippen LogP contribution in [0, 0.1) is 0 Å². The van der Waals surface area contributed by atoms with Gasteiger partial charge in [0.15, 0.2) is 0 Å². The minimum absolute atomic E-state index is 0.0147. The zero-order valence-corrected chi connectivity index (χ0v) is 11.2. The first-order valence-corrected chi connectivity index (χ1v) is 6.96. The average molecular weight is 285 g/mol. The van der Waals surface area contributed by atoms with Gasteiger partial charge in [0.25, 0.3) is 0 Å². The molecule has 0 aliphatic heterocycles. The minimum Gasteiger partial charge on any atom is -0.350 e. The van der Waals surface area contributed by atoms with Gasteiger partial charge in [0.2, 0.25) is 21.8 Å². The van der Waals surface area contributed by atoms with Crippen molar-refractivity contribution in [2.75, 3.05) is 6.54 Å². The first kappa shape index (κ1) is 15.1. The number of sulfonamides is 1. The van der Waals surface area contributed by atoms with E-state index < -0.39 is 10.0 Å². The van der Waals surface area contributed by atoms with Crippen molar-refractivity contribution in [1.82, 2.24) is 10.6 Å². The van der Waals surface area contributed by atoms with Crippen LogP contribution in [0.1, 0.15) is 12.5 Å². The molecule has 2 amide bonds. The third-order valence-electron chi connectivity index (χ3n) is 2.24. The fourth-order valence-electron chi connectivity index (χ4n) is 1.26. The number of carbonyl (C=O) groups is 2. The van der Waals surface area contributed by atoms with Crippen LogP contribution in [0.2, 0.25) is 0 Å². The van der Waals surface area contributed by atoms with E-state index in [1.165, 1.54) is 19.1 Å². The quantitative estimate of drug-likeness (QED) is 0.648. The molecule has 19 heavy (non-hydrogen) atoms. The standard InChI is InChI=1S/C11H15N3O4S/c1-8(15)13-7-11(16)14-6-9-2-4-10(5-3-9)19(12,17)18/h2-5H,6-7H2,1H3,(H,13,15)(H,14,16)(H2,12,17,18). The van der Waals surface area contributed by atoms with Gasteiger partial charge in [-0.15, -0.1) is 0 Å². The van der Waals surface area contributed by atoms with Gasteiger partial charge in [-0.25, -0.2) is 13.6 Å². The molecule has 0 fully saturated rings. The van der Waals surface area contributed by atoms with Gasteiger partial charge in [-0.2, -0.15) is 0 Å². The highest BCUT2D eigenvalue weighted by molar-refractivity contribution is 7.89. The number of hydrogen-bond donors (Lipinski definition) is 3. The molecule has 1 aromatic carbocycles. The van der Waals surface area contributed by atoms with Gasteiger partial charge in [-0.3, -0.25) is 9.59 Å². The van der Waals surface area contributed by atoms with Crippen LogP contribution in [0.3, 0.4) is 0 Å². The number of nitrogens with one attached hydrogen (secondary N) is 2. The van der Waals surface area contributed by atoms with E-state index in [2.05, 4.69) is 10.6 Å². The van der Waals surface area contributed by atoms with Gasteiger partial charge >= 0.3 is 0 Å². The van der Waals surface area contributed by atoms with E-state index in [9.17, 15) is 18.0 Å². The van der Waals surface area contributed by atoms with Crippen LogP contribution in [0.4, 0.5) is 0 Å². The molecule has 0 aliphatic carbocycles. The third-order valence-corrected chi connectivity index (χ3v) is 3.17. The Hall–Kier alpha value is -1.93. The molecule has 7 nitrogen and oxygen atoms in total. The molecule has 4 N–H and O–H groups in total. The van der Waals surface area contributed by atoms with E-state index in [-0.39, 0.29) is 29.8 Å². The van der Waals surface area contributed by atoms with Crippen molar-refractivity contribution in [3.63, 3.8) is 0 Å². The summed E-state index contributed by atoms with van der Waals surface area (Å²) in [6, 6.07) is 5.84. The molecule has 0 aromatic heterocycles. The minimum atomic E-state index is -3.70. The summed E-state index contributed by atoms with van der Waals surface area (Å²) in [5.74, 6) is -0.613. The number of benzene rings is 1. The highest BCUT2D eigenvalue weighted by Gasteiger charge is 2.07. The molecular formula is C11H15N3O4S. The summed E-state index contributed by atoms with van der Waals surface area (Å²) in [4.78, 5) is 21.9. The lowest BCUT2D eigenvalue weighted by Gasteiger charge is -2.06. The molecule has 1 rings (SSSR count). The lowest BCUT2D eigenvalue weighted by Crippen LogP contribution is -2.35. The number of carbonyl (C=O) groups excluding carboxylic acids is 2. The van der Waals surface area contributed by atoms with E-state index in [4.69, 9.17) is 5.14 Å². The maximum absolute atomic E-state index is 11.3. The summed E-state index contributed by atoms with van der Waals surface area (Å²) >= 11 is 0. The number of nitrogens with two attached hydrogens (primary N) is 1. The average Bonchev–Trinajstić information content (AvgIpc) is 2.33. The van der Waals surface area contributed by atoms with Gasteiger partial charge in [0, 0.05) is 13.5 Å². The number of hydrogen-bond acceptors (Lipinski definition) is 4. The highest BCUT2D eigenvalue weighted by Crippen LogP contribution is 2.08. The summed E-state index contributed by atoms with van der Waals surface area (Å²) in [5, 5.41) is 9.90. The topological polar surface area (TPSA) is 118 Å². The lowest BCUT2D eigenvalue weighted by molar-refractivity contribution is -0.125. The molecule has 0 saturated carbocycles. The van der Waals surface area contributed by atoms with Crippen LogP contribution in [0.25, 0.3) is 0 Å². The van der Waals surface area contributed by atoms with Crippen molar-refractivity contribution >= 4 is 21.8 Å². The van der Waals surface area contributed by atoms with Crippen LogP contribution in [0.5, 0.6) is 0 Å². The van der Waals surface area contributed by atoms with Gasteiger partial charge in [-0.05, 0) is 17.7 Å². The highest BCUT2D eigenvalue weighted by atomic mass is 32.2. The van der Waals surface area contributed by atoms with Gasteiger partial charge in [0.05, 0.1) is 11.4 Å². The molecule has 0 radical (unpaired) electrons. The van der Waals surface area contributed by atoms with E-state index in [0.29, 0.717) is 0 Å². The molecule has 0 spiro atoms. The predicted molar refractivity (Wildman–Crippen MR) is 68.3 cm³/mol. The molecule has 0 bridgehead atoms. The third kappa shape index (κ3) is 5.49. The van der Waals surface area contributed by atoms with Crippen LogP contribution in [0.15, 0.2) is 29.2 Å². The normalized spacial score (nSPS) is 10.8. The Kier molecular flexibility index (Phi) is 5.02. The summed E-state index contributed by atoms with van der Waals surface area (Å²) < 4.78 is 22.1. The summed E-state index contributed by atoms with van der Waals surface area (Å²) in [6.45, 7) is 1.47. The van der Waals surface area contributed by atoms with E-state index >= 15 is 0 Å². The zero-order chi connectivity index (χ0) is 14.5. The van der Waals surface area contributed by atoms with Crippen molar-refractivity contribution in [3.8, 4) is 0 Å². The van der Waals surface area contributed by atoms with Gasteiger partial charge < -0.3 is 10.6 Å². The molecular weight excluding hydrogens is 270 g/mol. The summed E-state index contributed by atoms with van der Waals surface area (Å²) in [7, 11) is -3.70. The number of rotatable bonds is 5. The molecule has 0 aliphatic rings.